The number of aromatic nitrogens is 3. The number of carbonyl (C=O) groups excluding carboxylic acids is 1. The number of nitrogens with zero attached hydrogens (tertiary/aromatic N) is 3. The van der Waals surface area contributed by atoms with E-state index in [0.29, 0.717) is 17.1 Å². The molecule has 0 unspecified atom stereocenters. The molecule has 0 atom stereocenters. The molecule has 0 saturated heterocycles. The number of rotatable bonds is 5. The summed E-state index contributed by atoms with van der Waals surface area (Å²) in [5.41, 5.74) is 0.623. The van der Waals surface area contributed by atoms with Crippen molar-refractivity contribution < 1.29 is 9.53 Å². The van der Waals surface area contributed by atoms with Crippen LogP contribution in [0.4, 0.5) is 0 Å². The maximum Gasteiger partial charge on any atom is 0.170 e. The highest BCUT2D eigenvalue weighted by Crippen LogP contribution is 2.15. The van der Waals surface area contributed by atoms with E-state index in [9.17, 15) is 4.79 Å². The lowest BCUT2D eigenvalue weighted by Gasteiger charge is -2.09. The van der Waals surface area contributed by atoms with Gasteiger partial charge in [0, 0.05) is 11.6 Å². The molecule has 0 N–H and O–H groups in total. The van der Waals surface area contributed by atoms with Crippen LogP contribution >= 0.6 is 0 Å². The van der Waals surface area contributed by atoms with Gasteiger partial charge in [-0.2, -0.15) is 5.10 Å². The van der Waals surface area contributed by atoms with E-state index in [2.05, 4.69) is 10.1 Å². The summed E-state index contributed by atoms with van der Waals surface area (Å²) in [5.74, 6) is 1.37. The van der Waals surface area contributed by atoms with Gasteiger partial charge in [0.1, 0.15) is 17.9 Å². The first-order valence-corrected chi connectivity index (χ1v) is 6.17. The highest BCUT2D eigenvalue weighted by molar-refractivity contribution is 5.97. The normalized spacial score (nSPS) is 10.7. The van der Waals surface area contributed by atoms with Crippen LogP contribution in [-0.4, -0.2) is 27.7 Å². The van der Waals surface area contributed by atoms with Gasteiger partial charge in [-0.1, -0.05) is 12.1 Å². The van der Waals surface area contributed by atoms with Gasteiger partial charge in [0.05, 0.1) is 13.5 Å². The third-order valence-electron chi connectivity index (χ3n) is 2.85. The molecular formula is C14H17N3O2. The van der Waals surface area contributed by atoms with Crippen molar-refractivity contribution in [2.24, 2.45) is 0 Å². The standard InChI is InChI=1S/C14H17N3O2/c1-10(2)17-14(15-9-16-17)8-13(18)11-5-4-6-12(7-11)19-3/h4-7,9-10H,8H2,1-3H3. The molecule has 0 radical (unpaired) electrons. The molecule has 0 saturated carbocycles. The van der Waals surface area contributed by atoms with Crippen molar-refractivity contribution in [2.45, 2.75) is 26.3 Å². The zero-order chi connectivity index (χ0) is 13.8. The molecule has 100 valence electrons. The van der Waals surface area contributed by atoms with E-state index >= 15 is 0 Å². The summed E-state index contributed by atoms with van der Waals surface area (Å²) in [6.07, 6.45) is 1.72. The molecule has 19 heavy (non-hydrogen) atoms. The number of ketones is 1. The zero-order valence-corrected chi connectivity index (χ0v) is 11.3. The predicted molar refractivity (Wildman–Crippen MR) is 71.4 cm³/mol. The van der Waals surface area contributed by atoms with Gasteiger partial charge in [-0.25, -0.2) is 9.67 Å². The van der Waals surface area contributed by atoms with Gasteiger partial charge in [-0.3, -0.25) is 4.79 Å². The van der Waals surface area contributed by atoms with Crippen molar-refractivity contribution in [3.63, 3.8) is 0 Å². The number of benzene rings is 1. The van der Waals surface area contributed by atoms with E-state index in [0.717, 1.165) is 0 Å². The van der Waals surface area contributed by atoms with E-state index in [-0.39, 0.29) is 18.2 Å². The summed E-state index contributed by atoms with van der Waals surface area (Å²) < 4.78 is 6.88. The van der Waals surface area contributed by atoms with E-state index in [1.165, 1.54) is 6.33 Å². The molecule has 1 aromatic carbocycles. The third-order valence-corrected chi connectivity index (χ3v) is 2.85. The lowest BCUT2D eigenvalue weighted by atomic mass is 10.1. The summed E-state index contributed by atoms with van der Waals surface area (Å²) in [6, 6.07) is 7.32. The molecule has 0 amide bonds. The number of ether oxygens (including phenoxy) is 1. The minimum atomic E-state index is 0.00815. The molecular weight excluding hydrogens is 242 g/mol. The van der Waals surface area contributed by atoms with Crippen LogP contribution in [0, 0.1) is 0 Å². The molecule has 0 aliphatic carbocycles. The Morgan fingerprint density at radius 3 is 2.89 bits per heavy atom. The van der Waals surface area contributed by atoms with Crippen LogP contribution in [0.2, 0.25) is 0 Å². The molecule has 2 rings (SSSR count). The summed E-state index contributed by atoms with van der Waals surface area (Å²) in [4.78, 5) is 16.4. The molecule has 0 spiro atoms. The fourth-order valence-electron chi connectivity index (χ4n) is 1.87. The summed E-state index contributed by atoms with van der Waals surface area (Å²) in [7, 11) is 1.58. The Balaban J connectivity index is 2.18. The van der Waals surface area contributed by atoms with Gasteiger partial charge in [-0.05, 0) is 26.0 Å². The van der Waals surface area contributed by atoms with Crippen LogP contribution in [0.15, 0.2) is 30.6 Å². The number of carbonyl (C=O) groups is 1. The SMILES string of the molecule is COc1cccc(C(=O)Cc2ncnn2C(C)C)c1. The Labute approximate surface area is 112 Å². The summed E-state index contributed by atoms with van der Waals surface area (Å²) in [5, 5.41) is 4.12. The number of hydrogen-bond donors (Lipinski definition) is 0. The second kappa shape index (κ2) is 5.65. The maximum absolute atomic E-state index is 12.2. The Morgan fingerprint density at radius 1 is 1.42 bits per heavy atom. The van der Waals surface area contributed by atoms with Crippen LogP contribution in [0.3, 0.4) is 0 Å². The largest absolute Gasteiger partial charge is 0.497 e. The van der Waals surface area contributed by atoms with E-state index < -0.39 is 0 Å². The molecule has 5 heteroatoms. The average Bonchev–Trinajstić information content (AvgIpc) is 2.87. The highest BCUT2D eigenvalue weighted by atomic mass is 16.5. The van der Waals surface area contributed by atoms with Gasteiger partial charge in [-0.15, -0.1) is 0 Å². The Hall–Kier alpha value is -2.17. The lowest BCUT2D eigenvalue weighted by molar-refractivity contribution is 0.0988. The number of methoxy groups -OCH3 is 1. The second-order valence-electron chi connectivity index (χ2n) is 4.55. The first-order valence-electron chi connectivity index (χ1n) is 6.17. The molecule has 0 aliphatic rings. The molecule has 0 fully saturated rings. The van der Waals surface area contributed by atoms with Crippen LogP contribution in [-0.2, 0) is 6.42 Å². The van der Waals surface area contributed by atoms with E-state index in [4.69, 9.17) is 4.74 Å². The van der Waals surface area contributed by atoms with Crippen LogP contribution < -0.4 is 4.74 Å². The third kappa shape index (κ3) is 2.99. The van der Waals surface area contributed by atoms with Gasteiger partial charge in [0.15, 0.2) is 5.78 Å². The maximum atomic E-state index is 12.2. The predicted octanol–water partition coefficient (Wildman–Crippen LogP) is 2.29. The topological polar surface area (TPSA) is 57.0 Å². The van der Waals surface area contributed by atoms with Crippen molar-refractivity contribution in [3.05, 3.63) is 42.0 Å². The van der Waals surface area contributed by atoms with Crippen molar-refractivity contribution in [1.29, 1.82) is 0 Å². The van der Waals surface area contributed by atoms with Gasteiger partial charge in [0.2, 0.25) is 0 Å². The highest BCUT2D eigenvalue weighted by Gasteiger charge is 2.14. The van der Waals surface area contributed by atoms with Crippen molar-refractivity contribution >= 4 is 5.78 Å². The molecule has 0 aliphatic heterocycles. The first-order chi connectivity index (χ1) is 9.11. The van der Waals surface area contributed by atoms with Crippen LogP contribution in [0.25, 0.3) is 0 Å². The minimum Gasteiger partial charge on any atom is -0.497 e. The number of hydrogen-bond acceptors (Lipinski definition) is 4. The zero-order valence-electron chi connectivity index (χ0n) is 11.3. The van der Waals surface area contributed by atoms with Crippen LogP contribution in [0.1, 0.15) is 36.1 Å². The molecule has 5 nitrogen and oxygen atoms in total. The van der Waals surface area contributed by atoms with Gasteiger partial charge < -0.3 is 4.74 Å². The fourth-order valence-corrected chi connectivity index (χ4v) is 1.87. The van der Waals surface area contributed by atoms with Gasteiger partial charge >= 0.3 is 0 Å². The second-order valence-corrected chi connectivity index (χ2v) is 4.55. The first kappa shape index (κ1) is 13.3. The molecule has 2 aromatic rings. The Kier molecular flexibility index (Phi) is 3.94. The summed E-state index contributed by atoms with van der Waals surface area (Å²) >= 11 is 0. The van der Waals surface area contributed by atoms with E-state index in [1.807, 2.05) is 19.9 Å². The van der Waals surface area contributed by atoms with E-state index in [1.54, 1.807) is 30.0 Å². The average molecular weight is 259 g/mol. The fraction of sp³-hybridized carbons (Fsp3) is 0.357. The smallest absolute Gasteiger partial charge is 0.170 e. The van der Waals surface area contributed by atoms with Crippen molar-refractivity contribution in [3.8, 4) is 5.75 Å². The summed E-state index contributed by atoms with van der Waals surface area (Å²) in [6.45, 7) is 4.02. The lowest BCUT2D eigenvalue weighted by Crippen LogP contribution is -2.13. The monoisotopic (exact) mass is 259 g/mol. The molecule has 0 bridgehead atoms. The van der Waals surface area contributed by atoms with Crippen LogP contribution in [0.5, 0.6) is 5.75 Å². The molecule has 1 heterocycles. The number of Topliss-reactive ketones (excluding diaryl/α,β-unsaturated/α-hetero) is 1. The van der Waals surface area contributed by atoms with Crippen molar-refractivity contribution in [2.75, 3.05) is 7.11 Å². The van der Waals surface area contributed by atoms with Crippen molar-refractivity contribution in [1.82, 2.24) is 14.8 Å². The Morgan fingerprint density at radius 2 is 2.21 bits per heavy atom. The quantitative estimate of drug-likeness (QED) is 0.773. The van der Waals surface area contributed by atoms with Gasteiger partial charge in [0.25, 0.3) is 0 Å². The molecule has 1 aromatic heterocycles. The minimum absolute atomic E-state index is 0.00815. The Bertz CT molecular complexity index is 576.